The van der Waals surface area contributed by atoms with E-state index < -0.39 is 0 Å². The molecule has 2 amide bonds. The van der Waals surface area contributed by atoms with E-state index in [2.05, 4.69) is 15.3 Å². The van der Waals surface area contributed by atoms with Crippen LogP contribution in [0, 0.1) is 6.92 Å². The molecule has 0 radical (unpaired) electrons. The SMILES string of the molecule is Cc1ccc(CNC(=O)c2cccc(C(=O)N(C)CCc3ccncc3)n2)cc1. The van der Waals surface area contributed by atoms with Gasteiger partial charge in [0.2, 0.25) is 0 Å². The molecular weight excluding hydrogens is 364 g/mol. The van der Waals surface area contributed by atoms with Crippen LogP contribution >= 0.6 is 0 Å². The number of hydrogen-bond donors (Lipinski definition) is 1. The zero-order valence-corrected chi connectivity index (χ0v) is 16.6. The summed E-state index contributed by atoms with van der Waals surface area (Å²) in [6, 6.07) is 16.7. The van der Waals surface area contributed by atoms with E-state index in [0.29, 0.717) is 13.1 Å². The lowest BCUT2D eigenvalue weighted by molar-refractivity contribution is 0.0790. The van der Waals surface area contributed by atoms with Crippen LogP contribution in [-0.4, -0.2) is 40.3 Å². The molecule has 1 aromatic carbocycles. The molecular formula is C23H24N4O2. The van der Waals surface area contributed by atoms with Crippen molar-refractivity contribution in [2.24, 2.45) is 0 Å². The first-order valence-corrected chi connectivity index (χ1v) is 9.48. The van der Waals surface area contributed by atoms with Crippen molar-refractivity contribution in [2.45, 2.75) is 19.9 Å². The summed E-state index contributed by atoms with van der Waals surface area (Å²) in [6.45, 7) is 2.97. The summed E-state index contributed by atoms with van der Waals surface area (Å²) in [7, 11) is 1.73. The fourth-order valence-corrected chi connectivity index (χ4v) is 2.80. The average Bonchev–Trinajstić information content (AvgIpc) is 2.77. The minimum absolute atomic E-state index is 0.216. The maximum Gasteiger partial charge on any atom is 0.272 e. The topological polar surface area (TPSA) is 75.2 Å². The van der Waals surface area contributed by atoms with Crippen molar-refractivity contribution in [2.75, 3.05) is 13.6 Å². The number of nitrogens with zero attached hydrogens (tertiary/aromatic N) is 3. The fraction of sp³-hybridized carbons (Fsp3) is 0.217. The lowest BCUT2D eigenvalue weighted by Crippen LogP contribution is -2.30. The number of aromatic nitrogens is 2. The molecule has 0 saturated heterocycles. The van der Waals surface area contributed by atoms with Crippen molar-refractivity contribution in [3.8, 4) is 0 Å². The molecule has 0 aliphatic carbocycles. The number of carbonyl (C=O) groups is 2. The van der Waals surface area contributed by atoms with Crippen LogP contribution in [0.4, 0.5) is 0 Å². The third-order valence-electron chi connectivity index (χ3n) is 4.61. The first-order chi connectivity index (χ1) is 14.0. The largest absolute Gasteiger partial charge is 0.347 e. The molecule has 6 nitrogen and oxygen atoms in total. The van der Waals surface area contributed by atoms with E-state index in [-0.39, 0.29) is 23.2 Å². The van der Waals surface area contributed by atoms with E-state index in [1.54, 1.807) is 42.5 Å². The van der Waals surface area contributed by atoms with Gasteiger partial charge < -0.3 is 10.2 Å². The van der Waals surface area contributed by atoms with Crippen molar-refractivity contribution in [1.29, 1.82) is 0 Å². The summed E-state index contributed by atoms with van der Waals surface area (Å²) in [4.78, 5) is 35.0. The normalized spacial score (nSPS) is 10.4. The molecule has 29 heavy (non-hydrogen) atoms. The maximum absolute atomic E-state index is 12.7. The van der Waals surface area contributed by atoms with Crippen molar-refractivity contribution in [3.05, 3.63) is 95.1 Å². The Bertz CT molecular complexity index is 972. The molecule has 1 N–H and O–H groups in total. The highest BCUT2D eigenvalue weighted by Gasteiger charge is 2.16. The molecule has 0 unspecified atom stereocenters. The summed E-state index contributed by atoms with van der Waals surface area (Å²) >= 11 is 0. The van der Waals surface area contributed by atoms with E-state index in [0.717, 1.165) is 17.5 Å². The Morgan fingerprint density at radius 3 is 2.34 bits per heavy atom. The van der Waals surface area contributed by atoms with E-state index in [1.807, 2.05) is 43.3 Å². The Hall–Kier alpha value is -3.54. The highest BCUT2D eigenvalue weighted by atomic mass is 16.2. The van der Waals surface area contributed by atoms with Gasteiger partial charge in [0.1, 0.15) is 11.4 Å². The van der Waals surface area contributed by atoms with Crippen molar-refractivity contribution >= 4 is 11.8 Å². The number of benzene rings is 1. The van der Waals surface area contributed by atoms with Gasteiger partial charge in [0.05, 0.1) is 0 Å². The van der Waals surface area contributed by atoms with Gasteiger partial charge in [-0.1, -0.05) is 35.9 Å². The Balaban J connectivity index is 1.59. The van der Waals surface area contributed by atoms with E-state index in [4.69, 9.17) is 0 Å². The predicted molar refractivity (Wildman–Crippen MR) is 111 cm³/mol. The van der Waals surface area contributed by atoms with Gasteiger partial charge in [-0.15, -0.1) is 0 Å². The average molecular weight is 388 g/mol. The molecule has 0 saturated carbocycles. The molecule has 0 aliphatic heterocycles. The van der Waals surface area contributed by atoms with Crippen LogP contribution in [0.25, 0.3) is 0 Å². The first-order valence-electron chi connectivity index (χ1n) is 9.48. The van der Waals surface area contributed by atoms with Crippen molar-refractivity contribution in [3.63, 3.8) is 0 Å². The molecule has 2 heterocycles. The predicted octanol–water partition coefficient (Wildman–Crippen LogP) is 3.03. The van der Waals surface area contributed by atoms with Gasteiger partial charge in [-0.2, -0.15) is 0 Å². The van der Waals surface area contributed by atoms with Gasteiger partial charge in [0.15, 0.2) is 0 Å². The molecule has 0 atom stereocenters. The molecule has 0 fully saturated rings. The molecule has 0 spiro atoms. The Morgan fingerprint density at radius 2 is 1.62 bits per heavy atom. The third-order valence-corrected chi connectivity index (χ3v) is 4.61. The van der Waals surface area contributed by atoms with E-state index >= 15 is 0 Å². The number of pyridine rings is 2. The highest BCUT2D eigenvalue weighted by molar-refractivity contribution is 5.96. The van der Waals surface area contributed by atoms with Gasteiger partial charge >= 0.3 is 0 Å². The monoisotopic (exact) mass is 388 g/mol. The van der Waals surface area contributed by atoms with Crippen molar-refractivity contribution < 1.29 is 9.59 Å². The van der Waals surface area contributed by atoms with Gasteiger partial charge in [0.25, 0.3) is 11.8 Å². The van der Waals surface area contributed by atoms with E-state index in [1.165, 1.54) is 5.56 Å². The smallest absolute Gasteiger partial charge is 0.272 e. The summed E-state index contributed by atoms with van der Waals surface area (Å²) in [6.07, 6.45) is 4.19. The maximum atomic E-state index is 12.7. The number of aryl methyl sites for hydroxylation is 1. The van der Waals surface area contributed by atoms with Gasteiger partial charge in [-0.05, 0) is 48.7 Å². The minimum atomic E-state index is -0.306. The van der Waals surface area contributed by atoms with Crippen LogP contribution in [0.3, 0.4) is 0 Å². The van der Waals surface area contributed by atoms with Crippen LogP contribution in [-0.2, 0) is 13.0 Å². The summed E-state index contributed by atoms with van der Waals surface area (Å²) in [5.41, 5.74) is 3.76. The minimum Gasteiger partial charge on any atom is -0.347 e. The summed E-state index contributed by atoms with van der Waals surface area (Å²) < 4.78 is 0. The van der Waals surface area contributed by atoms with Crippen LogP contribution in [0.5, 0.6) is 0 Å². The lowest BCUT2D eigenvalue weighted by Gasteiger charge is -2.17. The Kier molecular flexibility index (Phi) is 6.68. The standard InChI is InChI=1S/C23H24N4O2/c1-17-6-8-19(9-7-17)16-25-22(28)20-4-3-5-21(26-20)23(29)27(2)15-12-18-10-13-24-14-11-18/h3-11,13-14H,12,15-16H2,1-2H3,(H,25,28). The second kappa shape index (κ2) is 9.59. The number of amides is 2. The highest BCUT2D eigenvalue weighted by Crippen LogP contribution is 2.07. The van der Waals surface area contributed by atoms with E-state index in [9.17, 15) is 9.59 Å². The quantitative estimate of drug-likeness (QED) is 0.675. The third kappa shape index (κ3) is 5.72. The first kappa shape index (κ1) is 20.2. The summed E-state index contributed by atoms with van der Waals surface area (Å²) in [5.74, 6) is -0.521. The van der Waals surface area contributed by atoms with Crippen LogP contribution in [0.1, 0.15) is 37.7 Å². The van der Waals surface area contributed by atoms with Crippen LogP contribution < -0.4 is 5.32 Å². The second-order valence-corrected chi connectivity index (χ2v) is 6.91. The fourth-order valence-electron chi connectivity index (χ4n) is 2.80. The molecule has 3 aromatic rings. The number of nitrogens with one attached hydrogen (secondary N) is 1. The molecule has 2 aromatic heterocycles. The van der Waals surface area contributed by atoms with Crippen molar-refractivity contribution in [1.82, 2.24) is 20.2 Å². The molecule has 0 bridgehead atoms. The molecule has 0 aliphatic rings. The number of carbonyl (C=O) groups excluding carboxylic acids is 2. The Labute approximate surface area is 170 Å². The number of likely N-dealkylation sites (N-methyl/N-ethyl adjacent to an activating group) is 1. The van der Waals surface area contributed by atoms with Gasteiger partial charge in [-0.25, -0.2) is 4.98 Å². The second-order valence-electron chi connectivity index (χ2n) is 6.91. The van der Waals surface area contributed by atoms with Gasteiger partial charge in [0, 0.05) is 32.5 Å². The number of hydrogen-bond acceptors (Lipinski definition) is 4. The lowest BCUT2D eigenvalue weighted by atomic mass is 10.1. The number of rotatable bonds is 7. The molecule has 3 rings (SSSR count). The van der Waals surface area contributed by atoms with Crippen LogP contribution in [0.15, 0.2) is 67.0 Å². The Morgan fingerprint density at radius 1 is 0.931 bits per heavy atom. The zero-order valence-electron chi connectivity index (χ0n) is 16.6. The summed E-state index contributed by atoms with van der Waals surface area (Å²) in [5, 5.41) is 2.84. The molecule has 148 valence electrons. The molecule has 6 heteroatoms. The van der Waals surface area contributed by atoms with Gasteiger partial charge in [-0.3, -0.25) is 14.6 Å². The zero-order chi connectivity index (χ0) is 20.6. The van der Waals surface area contributed by atoms with Crippen LogP contribution in [0.2, 0.25) is 0 Å².